The van der Waals surface area contributed by atoms with Crippen molar-refractivity contribution in [3.63, 3.8) is 0 Å². The highest BCUT2D eigenvalue weighted by molar-refractivity contribution is 9.09. The van der Waals surface area contributed by atoms with Gasteiger partial charge in [0.1, 0.15) is 11.4 Å². The molecule has 0 aromatic carbocycles. The van der Waals surface area contributed by atoms with E-state index in [0.717, 1.165) is 43.9 Å². The second kappa shape index (κ2) is 12.0. The van der Waals surface area contributed by atoms with E-state index in [1.54, 1.807) is 5.57 Å². The van der Waals surface area contributed by atoms with Crippen molar-refractivity contribution in [2.45, 2.75) is 105 Å². The summed E-state index contributed by atoms with van der Waals surface area (Å²) in [5.41, 5.74) is 3.39. The predicted molar refractivity (Wildman–Crippen MR) is 159 cm³/mol. The standard InChI is InChI=1S/C34H51BrO4/c1-20(2)21(3)8-9-22(4)29-12-13-30-24(7-6-14-34(29,30)5)16-28-27-17-26(39-31(36)18-35)11-10-23(27)15-25-19-38-33(37)32(25)28/h8-9,20-22,24-26,28-30,32H,6-7,10-19H2,1-5H3/b9-8+/t21-,22+,24?,25?,26-,28-,29?,30?,32?,34?/m0/s1. The van der Waals surface area contributed by atoms with E-state index in [-0.39, 0.29) is 35.2 Å². The van der Waals surface area contributed by atoms with Crippen LogP contribution in [-0.2, 0) is 19.1 Å². The van der Waals surface area contributed by atoms with E-state index in [1.807, 2.05) is 0 Å². The van der Waals surface area contributed by atoms with Gasteiger partial charge in [0.25, 0.3) is 0 Å². The van der Waals surface area contributed by atoms with E-state index >= 15 is 0 Å². The minimum Gasteiger partial charge on any atom is -0.465 e. The van der Waals surface area contributed by atoms with Gasteiger partial charge in [-0.15, -0.1) is 0 Å². The van der Waals surface area contributed by atoms with Crippen LogP contribution in [-0.4, -0.2) is 30.0 Å². The van der Waals surface area contributed by atoms with Crippen LogP contribution in [0.2, 0.25) is 0 Å². The van der Waals surface area contributed by atoms with Crippen LogP contribution in [0.4, 0.5) is 0 Å². The molecule has 5 heteroatoms. The predicted octanol–water partition coefficient (Wildman–Crippen LogP) is 8.29. The Labute approximate surface area is 245 Å². The Balaban J connectivity index is 1.35. The maximum absolute atomic E-state index is 13.1. The smallest absolute Gasteiger partial charge is 0.316 e. The van der Waals surface area contributed by atoms with Crippen molar-refractivity contribution in [2.75, 3.05) is 11.9 Å². The molecule has 0 aromatic rings. The summed E-state index contributed by atoms with van der Waals surface area (Å²) >= 11 is 3.25. The number of halogens is 1. The van der Waals surface area contributed by atoms with Crippen LogP contribution in [0.3, 0.4) is 0 Å². The summed E-state index contributed by atoms with van der Waals surface area (Å²) in [6, 6.07) is 0. The van der Waals surface area contributed by atoms with Crippen LogP contribution < -0.4 is 0 Å². The number of fused-ring (bicyclic) bond motifs is 2. The number of allylic oxidation sites excluding steroid dienone is 3. The van der Waals surface area contributed by atoms with Crippen molar-refractivity contribution in [3.05, 3.63) is 23.3 Å². The van der Waals surface area contributed by atoms with Crippen LogP contribution in [0.1, 0.15) is 98.8 Å². The van der Waals surface area contributed by atoms with E-state index in [9.17, 15) is 9.59 Å². The number of alkyl halides is 1. The van der Waals surface area contributed by atoms with Crippen molar-refractivity contribution < 1.29 is 19.1 Å². The summed E-state index contributed by atoms with van der Waals surface area (Å²) in [6.07, 6.45) is 16.3. The quantitative estimate of drug-likeness (QED) is 0.159. The molecule has 3 fully saturated rings. The molecule has 1 aliphatic heterocycles. The number of carbonyl (C=O) groups excluding carboxylic acids is 2. The van der Waals surface area contributed by atoms with Gasteiger partial charge < -0.3 is 9.47 Å². The van der Waals surface area contributed by atoms with Gasteiger partial charge in [-0.3, -0.25) is 9.59 Å². The lowest BCUT2D eigenvalue weighted by Crippen LogP contribution is -2.42. The number of hydrogen-bond donors (Lipinski definition) is 0. The molecule has 4 nitrogen and oxygen atoms in total. The molecule has 6 unspecified atom stereocenters. The monoisotopic (exact) mass is 602 g/mol. The number of rotatable bonds is 8. The van der Waals surface area contributed by atoms with E-state index < -0.39 is 0 Å². The molecule has 39 heavy (non-hydrogen) atoms. The van der Waals surface area contributed by atoms with Crippen molar-refractivity contribution in [3.8, 4) is 0 Å². The Morgan fingerprint density at radius 1 is 1.13 bits per heavy atom. The van der Waals surface area contributed by atoms with E-state index in [0.29, 0.717) is 41.6 Å². The molecular formula is C34H51BrO4. The van der Waals surface area contributed by atoms with E-state index in [4.69, 9.17) is 9.47 Å². The highest BCUT2D eigenvalue weighted by Gasteiger charge is 2.55. The minimum atomic E-state index is -0.180. The molecule has 2 saturated carbocycles. The summed E-state index contributed by atoms with van der Waals surface area (Å²) in [7, 11) is 0. The Morgan fingerprint density at radius 3 is 2.67 bits per heavy atom. The maximum Gasteiger partial charge on any atom is 0.316 e. The van der Waals surface area contributed by atoms with Gasteiger partial charge in [0.05, 0.1) is 12.5 Å². The number of esters is 2. The Bertz CT molecular complexity index is 984. The van der Waals surface area contributed by atoms with Crippen LogP contribution in [0.25, 0.3) is 0 Å². The third-order valence-electron chi connectivity index (χ3n) is 12.0. The zero-order valence-electron chi connectivity index (χ0n) is 24.9. The lowest BCUT2D eigenvalue weighted by atomic mass is 9.56. The first-order valence-electron chi connectivity index (χ1n) is 15.9. The van der Waals surface area contributed by atoms with Gasteiger partial charge in [0, 0.05) is 12.3 Å². The minimum absolute atomic E-state index is 0.000799. The molecule has 0 N–H and O–H groups in total. The second-order valence-corrected chi connectivity index (χ2v) is 14.9. The van der Waals surface area contributed by atoms with Crippen LogP contribution in [0.15, 0.2) is 23.3 Å². The summed E-state index contributed by atoms with van der Waals surface area (Å²) < 4.78 is 11.5. The highest BCUT2D eigenvalue weighted by atomic mass is 79.9. The molecule has 1 heterocycles. The molecule has 4 aliphatic carbocycles. The molecule has 0 radical (unpaired) electrons. The molecule has 10 atom stereocenters. The van der Waals surface area contributed by atoms with Crippen LogP contribution in [0, 0.1) is 58.7 Å². The van der Waals surface area contributed by atoms with E-state index in [2.05, 4.69) is 62.7 Å². The summed E-state index contributed by atoms with van der Waals surface area (Å²) in [5.74, 6) is 4.50. The average molecular weight is 604 g/mol. The van der Waals surface area contributed by atoms with Crippen LogP contribution in [0.5, 0.6) is 0 Å². The first kappa shape index (κ1) is 29.4. The summed E-state index contributed by atoms with van der Waals surface area (Å²) in [6.45, 7) is 12.6. The van der Waals surface area contributed by atoms with Gasteiger partial charge in [-0.2, -0.15) is 0 Å². The topological polar surface area (TPSA) is 52.6 Å². The van der Waals surface area contributed by atoms with E-state index in [1.165, 1.54) is 37.7 Å². The Morgan fingerprint density at radius 2 is 1.92 bits per heavy atom. The summed E-state index contributed by atoms with van der Waals surface area (Å²) in [5, 5.41) is 0.239. The lowest BCUT2D eigenvalue weighted by Gasteiger charge is -2.49. The second-order valence-electron chi connectivity index (χ2n) is 14.4. The SMILES string of the molecule is CC(C)[C@@H](C)/C=C/[C@@H](C)C1CCC2C(C[C@H]3C4=C(CC[C@H](OC(=O)CBr)C4)CC4COC(=O)C43)CCCC21C. The first-order valence-corrected chi connectivity index (χ1v) is 17.1. The molecule has 5 aliphatic rings. The first-order chi connectivity index (χ1) is 18.6. The molecule has 1 saturated heterocycles. The fourth-order valence-corrected chi connectivity index (χ4v) is 9.73. The third-order valence-corrected chi connectivity index (χ3v) is 12.4. The highest BCUT2D eigenvalue weighted by Crippen LogP contribution is 2.62. The fraction of sp³-hybridized carbons (Fsp3) is 0.824. The zero-order chi connectivity index (χ0) is 27.9. The van der Waals surface area contributed by atoms with Crippen molar-refractivity contribution in [1.82, 2.24) is 0 Å². The van der Waals surface area contributed by atoms with Gasteiger partial charge in [-0.05, 0) is 91.8 Å². The normalized spacial score (nSPS) is 39.8. The molecule has 0 amide bonds. The fourth-order valence-electron chi connectivity index (χ4n) is 9.60. The van der Waals surface area contributed by atoms with Gasteiger partial charge in [-0.25, -0.2) is 0 Å². The van der Waals surface area contributed by atoms with Crippen molar-refractivity contribution in [1.29, 1.82) is 0 Å². The van der Waals surface area contributed by atoms with Crippen LogP contribution >= 0.6 is 15.9 Å². The molecule has 0 spiro atoms. The van der Waals surface area contributed by atoms with Gasteiger partial charge in [0.2, 0.25) is 0 Å². The maximum atomic E-state index is 13.1. The third kappa shape index (κ3) is 5.82. The number of cyclic esters (lactones) is 1. The zero-order valence-corrected chi connectivity index (χ0v) is 26.5. The van der Waals surface area contributed by atoms with Gasteiger partial charge in [0.15, 0.2) is 0 Å². The van der Waals surface area contributed by atoms with Crippen molar-refractivity contribution >= 4 is 27.9 Å². The molecular weight excluding hydrogens is 552 g/mol. The molecule has 5 rings (SSSR count). The largest absolute Gasteiger partial charge is 0.465 e. The average Bonchev–Trinajstić information content (AvgIpc) is 3.46. The number of ether oxygens (including phenoxy) is 2. The lowest BCUT2D eigenvalue weighted by molar-refractivity contribution is -0.147. The number of hydrogen-bond acceptors (Lipinski definition) is 4. The summed E-state index contributed by atoms with van der Waals surface area (Å²) in [4.78, 5) is 25.2. The molecule has 0 bridgehead atoms. The van der Waals surface area contributed by atoms with Crippen molar-refractivity contribution in [2.24, 2.45) is 58.7 Å². The van der Waals surface area contributed by atoms with Gasteiger partial charge >= 0.3 is 11.9 Å². The van der Waals surface area contributed by atoms with Gasteiger partial charge in [-0.1, -0.05) is 86.7 Å². The Kier molecular flexibility index (Phi) is 9.06. The molecule has 218 valence electrons. The molecule has 0 aromatic heterocycles. The Hall–Kier alpha value is -1.10. The number of carbonyl (C=O) groups is 2.